The third-order valence-corrected chi connectivity index (χ3v) is 1.27. The van der Waals surface area contributed by atoms with Crippen molar-refractivity contribution in [2.45, 2.75) is 11.8 Å². The molecular formula is C4ClF4Li. The van der Waals surface area contributed by atoms with E-state index in [2.05, 4.69) is 11.6 Å². The molecular weight excluding hydrogens is 166 g/mol. The molecule has 0 amide bonds. The zero-order chi connectivity index (χ0) is 7.28. The van der Waals surface area contributed by atoms with E-state index in [1.807, 2.05) is 0 Å². The number of rotatable bonds is 0. The Morgan fingerprint density at radius 2 is 1.60 bits per heavy atom. The van der Waals surface area contributed by atoms with Gasteiger partial charge in [0.15, 0.2) is 5.92 Å². The van der Waals surface area contributed by atoms with E-state index in [0.717, 1.165) is 6.08 Å². The summed E-state index contributed by atoms with van der Waals surface area (Å²) >= 11 is 4.60. The molecule has 10 heavy (non-hydrogen) atoms. The van der Waals surface area contributed by atoms with Gasteiger partial charge in [-0.3, -0.25) is 0 Å². The molecule has 0 atom stereocenters. The molecule has 0 N–H and O–H groups in total. The first-order valence-corrected chi connectivity index (χ1v) is 2.32. The van der Waals surface area contributed by atoms with Crippen molar-refractivity contribution >= 4 is 11.6 Å². The molecule has 1 aliphatic carbocycles. The van der Waals surface area contributed by atoms with Crippen molar-refractivity contribution in [2.75, 3.05) is 0 Å². The summed E-state index contributed by atoms with van der Waals surface area (Å²) < 4.78 is 46.7. The van der Waals surface area contributed by atoms with Crippen LogP contribution in [0.15, 0.2) is 5.03 Å². The van der Waals surface area contributed by atoms with Crippen molar-refractivity contribution in [3.8, 4) is 0 Å². The molecule has 0 aromatic rings. The molecule has 0 saturated heterocycles. The third kappa shape index (κ3) is 1.09. The molecule has 0 saturated carbocycles. The van der Waals surface area contributed by atoms with E-state index in [0.29, 0.717) is 0 Å². The zero-order valence-electron chi connectivity index (χ0n) is 4.89. The Morgan fingerprint density at radius 1 is 1.20 bits per heavy atom. The fourth-order valence-corrected chi connectivity index (χ4v) is 0.608. The number of hydrogen-bond donors (Lipinski definition) is 0. The van der Waals surface area contributed by atoms with Crippen molar-refractivity contribution in [1.82, 2.24) is 0 Å². The number of halogens is 5. The van der Waals surface area contributed by atoms with Crippen molar-refractivity contribution in [3.05, 3.63) is 11.1 Å². The van der Waals surface area contributed by atoms with E-state index in [1.165, 1.54) is 0 Å². The maximum Gasteiger partial charge on any atom is 1.00 e. The molecule has 0 heterocycles. The second-order valence-electron chi connectivity index (χ2n) is 1.59. The predicted molar refractivity (Wildman–Crippen MR) is 22.5 cm³/mol. The molecule has 0 fully saturated rings. The molecule has 0 spiro atoms. The Bertz CT molecular complexity index is 176. The average molecular weight is 166 g/mol. The number of allylic oxidation sites excluding steroid dienone is 2. The van der Waals surface area contributed by atoms with Gasteiger partial charge in [-0.15, -0.1) is 11.6 Å². The summed E-state index contributed by atoms with van der Waals surface area (Å²) in [4.78, 5) is 0. The van der Waals surface area contributed by atoms with Gasteiger partial charge in [0.2, 0.25) is 0 Å². The molecule has 0 aromatic carbocycles. The van der Waals surface area contributed by atoms with E-state index in [4.69, 9.17) is 0 Å². The fourth-order valence-electron chi connectivity index (χ4n) is 0.370. The van der Waals surface area contributed by atoms with Crippen LogP contribution in [0, 0.1) is 6.08 Å². The van der Waals surface area contributed by atoms with Gasteiger partial charge in [0.25, 0.3) is 5.92 Å². The Hall–Kier alpha value is 0.347. The summed E-state index contributed by atoms with van der Waals surface area (Å²) in [6.45, 7) is 0. The minimum Gasteiger partial charge on any atom is -0.396 e. The molecule has 52 valence electrons. The Labute approximate surface area is 71.4 Å². The molecule has 1 aliphatic rings. The molecule has 0 aromatic heterocycles. The summed E-state index contributed by atoms with van der Waals surface area (Å²) in [7, 11) is 0. The number of hydrogen-bond acceptors (Lipinski definition) is 0. The van der Waals surface area contributed by atoms with Gasteiger partial charge in [-0.25, -0.2) is 8.78 Å². The van der Waals surface area contributed by atoms with E-state index in [9.17, 15) is 17.6 Å². The summed E-state index contributed by atoms with van der Waals surface area (Å²) in [6, 6.07) is 0. The second kappa shape index (κ2) is 2.44. The van der Waals surface area contributed by atoms with Gasteiger partial charge in [0, 0.05) is 0 Å². The summed E-state index contributed by atoms with van der Waals surface area (Å²) in [6.07, 6.45) is 1.07. The molecule has 1 rings (SSSR count). The topological polar surface area (TPSA) is 0 Å². The van der Waals surface area contributed by atoms with Crippen LogP contribution >= 0.6 is 11.6 Å². The fraction of sp³-hybridized carbons (Fsp3) is 0.500. The van der Waals surface area contributed by atoms with Crippen molar-refractivity contribution in [1.29, 1.82) is 0 Å². The Balaban J connectivity index is 0.000000810. The maximum atomic E-state index is 11.7. The first kappa shape index (κ1) is 10.3. The summed E-state index contributed by atoms with van der Waals surface area (Å²) in [5, 5.41) is -1.20. The Morgan fingerprint density at radius 3 is 1.60 bits per heavy atom. The van der Waals surface area contributed by atoms with Gasteiger partial charge in [-0.2, -0.15) is 8.78 Å². The monoisotopic (exact) mass is 166 g/mol. The van der Waals surface area contributed by atoms with E-state index >= 15 is 0 Å². The molecule has 0 aliphatic heterocycles. The predicted octanol–water partition coefficient (Wildman–Crippen LogP) is -0.800. The largest absolute Gasteiger partial charge is 1.00 e. The number of alkyl halides is 4. The summed E-state index contributed by atoms with van der Waals surface area (Å²) in [5.41, 5.74) is 0. The van der Waals surface area contributed by atoms with Crippen molar-refractivity contribution in [3.63, 3.8) is 0 Å². The standard InChI is InChI=1S/C4ClF4.Li/c5-2-1-3(6,7)4(2,8)9;/q-1;+1. The van der Waals surface area contributed by atoms with Gasteiger partial charge >= 0.3 is 18.9 Å². The van der Waals surface area contributed by atoms with Gasteiger partial charge in [0.1, 0.15) is 0 Å². The third-order valence-electron chi connectivity index (χ3n) is 0.937. The SMILES string of the molecule is FC1(F)[C-]=C(Cl)C1(F)F.[Li+]. The van der Waals surface area contributed by atoms with Gasteiger partial charge < -0.3 is 6.08 Å². The van der Waals surface area contributed by atoms with Crippen LogP contribution in [0.1, 0.15) is 0 Å². The van der Waals surface area contributed by atoms with Gasteiger partial charge in [-0.1, -0.05) is 5.03 Å². The Kier molecular flexibility index (Phi) is 2.52. The van der Waals surface area contributed by atoms with Crippen LogP contribution in [0.3, 0.4) is 0 Å². The molecule has 6 heteroatoms. The van der Waals surface area contributed by atoms with Crippen LogP contribution in [0.5, 0.6) is 0 Å². The van der Waals surface area contributed by atoms with Crippen LogP contribution in [0.25, 0.3) is 0 Å². The quantitative estimate of drug-likeness (QED) is 0.251. The van der Waals surface area contributed by atoms with E-state index in [1.54, 1.807) is 0 Å². The summed E-state index contributed by atoms with van der Waals surface area (Å²) in [5.74, 6) is -8.35. The first-order valence-electron chi connectivity index (χ1n) is 1.94. The van der Waals surface area contributed by atoms with Gasteiger partial charge in [0.05, 0.1) is 0 Å². The van der Waals surface area contributed by atoms with Crippen molar-refractivity contribution < 1.29 is 36.4 Å². The van der Waals surface area contributed by atoms with Crippen LogP contribution in [0.2, 0.25) is 0 Å². The zero-order valence-corrected chi connectivity index (χ0v) is 5.65. The van der Waals surface area contributed by atoms with Crippen LogP contribution in [-0.4, -0.2) is 11.8 Å². The van der Waals surface area contributed by atoms with Crippen LogP contribution < -0.4 is 18.9 Å². The van der Waals surface area contributed by atoms with Crippen molar-refractivity contribution in [2.24, 2.45) is 0 Å². The normalized spacial score (nSPS) is 25.9. The van der Waals surface area contributed by atoms with E-state index < -0.39 is 16.9 Å². The second-order valence-corrected chi connectivity index (χ2v) is 1.97. The smallest absolute Gasteiger partial charge is 0.396 e. The maximum absolute atomic E-state index is 11.7. The van der Waals surface area contributed by atoms with Crippen LogP contribution in [-0.2, 0) is 0 Å². The molecule has 0 radical (unpaired) electrons. The van der Waals surface area contributed by atoms with Crippen LogP contribution in [0.4, 0.5) is 17.6 Å². The molecule has 0 nitrogen and oxygen atoms in total. The molecule has 0 unspecified atom stereocenters. The minimum absolute atomic E-state index is 0. The van der Waals surface area contributed by atoms with E-state index in [-0.39, 0.29) is 18.9 Å². The average Bonchev–Trinajstić information content (AvgIpc) is 1.65. The minimum atomic E-state index is -4.19. The van der Waals surface area contributed by atoms with Gasteiger partial charge in [-0.05, 0) is 0 Å². The molecule has 0 bridgehead atoms. The first-order chi connectivity index (χ1) is 3.88.